The second kappa shape index (κ2) is 5.30. The van der Waals surface area contributed by atoms with Crippen molar-refractivity contribution in [2.24, 2.45) is 0 Å². The molecular formula is C12H16N2O2. The fourth-order valence-corrected chi connectivity index (χ4v) is 1.24. The monoisotopic (exact) mass is 220 g/mol. The summed E-state index contributed by atoms with van der Waals surface area (Å²) in [5.74, 6) is -0.187. The zero-order valence-corrected chi connectivity index (χ0v) is 10.00. The van der Waals surface area contributed by atoms with Gasteiger partial charge in [0.2, 0.25) is 5.91 Å². The van der Waals surface area contributed by atoms with E-state index in [-0.39, 0.29) is 11.9 Å². The summed E-state index contributed by atoms with van der Waals surface area (Å²) in [4.78, 5) is 14.9. The topological polar surface area (TPSA) is 55.1 Å². The van der Waals surface area contributed by atoms with Crippen LogP contribution in [0.5, 0.6) is 0 Å². The largest absolute Gasteiger partial charge is 0.423 e. The maximum atomic E-state index is 10.7. The molecule has 0 atom stereocenters. The Balaban J connectivity index is 0.000000606. The van der Waals surface area contributed by atoms with Gasteiger partial charge in [0, 0.05) is 6.92 Å². The molecule has 0 aliphatic carbocycles. The van der Waals surface area contributed by atoms with Crippen LogP contribution in [0.3, 0.4) is 0 Å². The van der Waals surface area contributed by atoms with Crippen molar-refractivity contribution in [1.82, 2.24) is 4.98 Å². The number of oxazole rings is 1. The Kier molecular flexibility index (Phi) is 4.05. The van der Waals surface area contributed by atoms with Gasteiger partial charge in [-0.2, -0.15) is 4.98 Å². The number of carbonyl (C=O) groups is 1. The molecule has 1 heterocycles. The van der Waals surface area contributed by atoms with E-state index in [1.807, 2.05) is 39.0 Å². The SMILES string of the molecule is CC.CC(=O)Nc1nc2cc(C)ccc2o1. The molecule has 86 valence electrons. The normalized spacial score (nSPS) is 9.50. The molecule has 4 nitrogen and oxygen atoms in total. The molecule has 0 unspecified atom stereocenters. The molecule has 2 rings (SSSR count). The lowest BCUT2D eigenvalue weighted by atomic mass is 10.2. The number of hydrogen-bond acceptors (Lipinski definition) is 3. The van der Waals surface area contributed by atoms with Gasteiger partial charge in [0.15, 0.2) is 5.58 Å². The third kappa shape index (κ3) is 2.82. The second-order valence-electron chi connectivity index (χ2n) is 3.17. The summed E-state index contributed by atoms with van der Waals surface area (Å²) in [5, 5.41) is 2.50. The van der Waals surface area contributed by atoms with E-state index < -0.39 is 0 Å². The summed E-state index contributed by atoms with van der Waals surface area (Å²) in [6.45, 7) is 7.40. The van der Waals surface area contributed by atoms with Crippen molar-refractivity contribution in [2.45, 2.75) is 27.7 Å². The zero-order chi connectivity index (χ0) is 12.1. The van der Waals surface area contributed by atoms with Crippen LogP contribution in [0.2, 0.25) is 0 Å². The van der Waals surface area contributed by atoms with Crippen LogP contribution in [-0.2, 0) is 4.79 Å². The van der Waals surface area contributed by atoms with Crippen molar-refractivity contribution in [3.8, 4) is 0 Å². The van der Waals surface area contributed by atoms with E-state index in [9.17, 15) is 4.79 Å². The smallest absolute Gasteiger partial charge is 0.302 e. The van der Waals surface area contributed by atoms with E-state index in [1.54, 1.807) is 0 Å². The van der Waals surface area contributed by atoms with Crippen molar-refractivity contribution >= 4 is 23.0 Å². The summed E-state index contributed by atoms with van der Waals surface area (Å²) in [6, 6.07) is 5.93. The van der Waals surface area contributed by atoms with Gasteiger partial charge in [0.1, 0.15) is 5.52 Å². The Morgan fingerprint density at radius 2 is 2.06 bits per heavy atom. The van der Waals surface area contributed by atoms with Crippen LogP contribution in [0, 0.1) is 6.92 Å². The first-order valence-electron chi connectivity index (χ1n) is 5.30. The third-order valence-electron chi connectivity index (χ3n) is 1.83. The van der Waals surface area contributed by atoms with Gasteiger partial charge in [-0.3, -0.25) is 10.1 Å². The summed E-state index contributed by atoms with van der Waals surface area (Å²) in [6.07, 6.45) is 0. The second-order valence-corrected chi connectivity index (χ2v) is 3.17. The number of carbonyl (C=O) groups excluding carboxylic acids is 1. The summed E-state index contributed by atoms with van der Waals surface area (Å²) in [7, 11) is 0. The van der Waals surface area contributed by atoms with Gasteiger partial charge in [-0.05, 0) is 24.6 Å². The van der Waals surface area contributed by atoms with Crippen molar-refractivity contribution < 1.29 is 9.21 Å². The molecule has 1 amide bonds. The Labute approximate surface area is 94.7 Å². The molecule has 4 heteroatoms. The number of nitrogens with zero attached hydrogens (tertiary/aromatic N) is 1. The molecule has 2 aromatic rings. The molecule has 0 saturated carbocycles. The van der Waals surface area contributed by atoms with E-state index in [0.29, 0.717) is 5.58 Å². The summed E-state index contributed by atoms with van der Waals surface area (Å²) >= 11 is 0. The maximum absolute atomic E-state index is 10.7. The van der Waals surface area contributed by atoms with Gasteiger partial charge < -0.3 is 4.42 Å². The Morgan fingerprint density at radius 1 is 1.38 bits per heavy atom. The van der Waals surface area contributed by atoms with Gasteiger partial charge >= 0.3 is 6.01 Å². The Morgan fingerprint density at radius 3 is 2.69 bits per heavy atom. The minimum absolute atomic E-state index is 0.187. The predicted molar refractivity (Wildman–Crippen MR) is 64.4 cm³/mol. The first kappa shape index (κ1) is 12.2. The van der Waals surface area contributed by atoms with Gasteiger partial charge in [-0.25, -0.2) is 0 Å². The maximum Gasteiger partial charge on any atom is 0.302 e. The summed E-state index contributed by atoms with van der Waals surface area (Å²) < 4.78 is 5.29. The minimum Gasteiger partial charge on any atom is -0.423 e. The standard InChI is InChI=1S/C10H10N2O2.C2H6/c1-6-3-4-9-8(5-6)12-10(14-9)11-7(2)13;1-2/h3-5H,1-2H3,(H,11,12,13);1-2H3. The molecule has 0 spiro atoms. The lowest BCUT2D eigenvalue weighted by molar-refractivity contribution is -0.114. The van der Waals surface area contributed by atoms with Crippen molar-refractivity contribution in [2.75, 3.05) is 5.32 Å². The average molecular weight is 220 g/mol. The van der Waals surface area contributed by atoms with Crippen molar-refractivity contribution in [1.29, 1.82) is 0 Å². The highest BCUT2D eigenvalue weighted by molar-refractivity contribution is 5.88. The molecule has 1 aromatic carbocycles. The van der Waals surface area contributed by atoms with Crippen LogP contribution in [0.25, 0.3) is 11.1 Å². The van der Waals surface area contributed by atoms with Gasteiger partial charge in [-0.15, -0.1) is 0 Å². The van der Waals surface area contributed by atoms with Crippen molar-refractivity contribution in [3.63, 3.8) is 0 Å². The number of aryl methyl sites for hydroxylation is 1. The Bertz CT molecular complexity index is 489. The first-order chi connectivity index (χ1) is 7.65. The molecular weight excluding hydrogens is 204 g/mol. The summed E-state index contributed by atoms with van der Waals surface area (Å²) in [5.41, 5.74) is 2.55. The number of nitrogens with one attached hydrogen (secondary N) is 1. The fraction of sp³-hybridized carbons (Fsp3) is 0.333. The number of rotatable bonds is 1. The van der Waals surface area contributed by atoms with E-state index in [0.717, 1.165) is 11.1 Å². The highest BCUT2D eigenvalue weighted by Gasteiger charge is 2.05. The molecule has 1 aromatic heterocycles. The van der Waals surface area contributed by atoms with E-state index in [2.05, 4.69) is 10.3 Å². The van der Waals surface area contributed by atoms with Gasteiger partial charge in [0.25, 0.3) is 0 Å². The molecule has 0 bridgehead atoms. The molecule has 1 N–H and O–H groups in total. The quantitative estimate of drug-likeness (QED) is 0.803. The van der Waals surface area contributed by atoms with E-state index in [4.69, 9.17) is 4.42 Å². The minimum atomic E-state index is -0.187. The molecule has 0 aliphatic heterocycles. The van der Waals surface area contributed by atoms with Gasteiger partial charge in [-0.1, -0.05) is 19.9 Å². The molecule has 0 radical (unpaired) electrons. The van der Waals surface area contributed by atoms with Gasteiger partial charge in [0.05, 0.1) is 0 Å². The van der Waals surface area contributed by atoms with E-state index in [1.165, 1.54) is 6.92 Å². The van der Waals surface area contributed by atoms with Crippen LogP contribution >= 0.6 is 0 Å². The van der Waals surface area contributed by atoms with Crippen LogP contribution in [0.1, 0.15) is 26.3 Å². The number of benzene rings is 1. The molecule has 0 saturated heterocycles. The number of amides is 1. The van der Waals surface area contributed by atoms with Crippen molar-refractivity contribution in [3.05, 3.63) is 23.8 Å². The molecule has 0 fully saturated rings. The number of anilines is 1. The zero-order valence-electron chi connectivity index (χ0n) is 10.00. The lowest BCUT2D eigenvalue weighted by Gasteiger charge is -1.90. The fourth-order valence-electron chi connectivity index (χ4n) is 1.24. The van der Waals surface area contributed by atoms with Crippen LogP contribution in [0.15, 0.2) is 22.6 Å². The highest BCUT2D eigenvalue weighted by atomic mass is 16.4. The third-order valence-corrected chi connectivity index (χ3v) is 1.83. The molecule has 0 aliphatic rings. The first-order valence-corrected chi connectivity index (χ1v) is 5.30. The number of fused-ring (bicyclic) bond motifs is 1. The van der Waals surface area contributed by atoms with E-state index >= 15 is 0 Å². The van der Waals surface area contributed by atoms with Crippen LogP contribution < -0.4 is 5.32 Å². The number of aromatic nitrogens is 1. The Hall–Kier alpha value is -1.84. The van der Waals surface area contributed by atoms with Crippen LogP contribution in [-0.4, -0.2) is 10.9 Å². The molecule has 16 heavy (non-hydrogen) atoms. The number of hydrogen-bond donors (Lipinski definition) is 1. The highest BCUT2D eigenvalue weighted by Crippen LogP contribution is 2.19. The average Bonchev–Trinajstić information content (AvgIpc) is 2.61. The predicted octanol–water partition coefficient (Wildman–Crippen LogP) is 3.12. The lowest BCUT2D eigenvalue weighted by Crippen LogP contribution is -2.05. The van der Waals surface area contributed by atoms with Crippen LogP contribution in [0.4, 0.5) is 6.01 Å².